The first-order valence-corrected chi connectivity index (χ1v) is 5.96. The molecule has 78 valence electrons. The molecule has 0 bridgehead atoms. The summed E-state index contributed by atoms with van der Waals surface area (Å²) in [6, 6.07) is 0. The van der Waals surface area contributed by atoms with E-state index in [1.54, 1.807) is 0 Å². The SMILES string of the molecule is CCCCCCN1CC(C)C(C)C1. The topological polar surface area (TPSA) is 3.24 Å². The van der Waals surface area contributed by atoms with Crippen molar-refractivity contribution in [3.8, 4) is 0 Å². The molecule has 0 aromatic carbocycles. The predicted molar refractivity (Wildman–Crippen MR) is 58.9 cm³/mol. The first-order valence-electron chi connectivity index (χ1n) is 5.96. The average molecular weight is 183 g/mol. The lowest BCUT2D eigenvalue weighted by Gasteiger charge is -2.14. The Morgan fingerprint density at radius 1 is 1.00 bits per heavy atom. The summed E-state index contributed by atoms with van der Waals surface area (Å²) in [6.07, 6.45) is 5.61. The molecular formula is C12H25N. The summed E-state index contributed by atoms with van der Waals surface area (Å²) in [4.78, 5) is 2.64. The molecule has 0 amide bonds. The van der Waals surface area contributed by atoms with Crippen molar-refractivity contribution in [1.82, 2.24) is 4.90 Å². The Balaban J connectivity index is 2.03. The molecule has 0 aliphatic carbocycles. The lowest BCUT2D eigenvalue weighted by Crippen LogP contribution is -2.21. The van der Waals surface area contributed by atoms with E-state index >= 15 is 0 Å². The van der Waals surface area contributed by atoms with E-state index in [4.69, 9.17) is 0 Å². The van der Waals surface area contributed by atoms with Crippen LogP contribution in [0.3, 0.4) is 0 Å². The van der Waals surface area contributed by atoms with E-state index in [9.17, 15) is 0 Å². The van der Waals surface area contributed by atoms with Gasteiger partial charge in [-0.1, -0.05) is 40.0 Å². The molecule has 2 atom stereocenters. The first-order chi connectivity index (χ1) is 6.24. The van der Waals surface area contributed by atoms with Crippen molar-refractivity contribution in [2.75, 3.05) is 19.6 Å². The van der Waals surface area contributed by atoms with Crippen molar-refractivity contribution in [2.45, 2.75) is 46.5 Å². The van der Waals surface area contributed by atoms with Crippen molar-refractivity contribution in [3.63, 3.8) is 0 Å². The van der Waals surface area contributed by atoms with E-state index in [1.165, 1.54) is 45.3 Å². The second-order valence-corrected chi connectivity index (χ2v) is 4.77. The minimum Gasteiger partial charge on any atom is -0.303 e. The van der Waals surface area contributed by atoms with Crippen LogP contribution >= 0.6 is 0 Å². The van der Waals surface area contributed by atoms with Crippen LogP contribution < -0.4 is 0 Å². The zero-order chi connectivity index (χ0) is 9.68. The molecule has 2 unspecified atom stereocenters. The molecule has 0 saturated carbocycles. The Morgan fingerprint density at radius 2 is 1.62 bits per heavy atom. The molecule has 0 spiro atoms. The van der Waals surface area contributed by atoms with E-state index in [0.29, 0.717) is 0 Å². The van der Waals surface area contributed by atoms with Crippen LogP contribution in [0, 0.1) is 11.8 Å². The average Bonchev–Trinajstić information content (AvgIpc) is 2.41. The molecule has 1 heteroatoms. The summed E-state index contributed by atoms with van der Waals surface area (Å²) in [7, 11) is 0. The maximum Gasteiger partial charge on any atom is 0.00102 e. The van der Waals surface area contributed by atoms with Gasteiger partial charge in [-0.25, -0.2) is 0 Å². The highest BCUT2D eigenvalue weighted by Gasteiger charge is 2.24. The van der Waals surface area contributed by atoms with Gasteiger partial charge >= 0.3 is 0 Å². The maximum atomic E-state index is 2.64. The first kappa shape index (κ1) is 11.0. The van der Waals surface area contributed by atoms with Gasteiger partial charge in [-0.15, -0.1) is 0 Å². The molecule has 0 aromatic heterocycles. The number of likely N-dealkylation sites (tertiary alicyclic amines) is 1. The van der Waals surface area contributed by atoms with Crippen molar-refractivity contribution >= 4 is 0 Å². The number of unbranched alkanes of at least 4 members (excludes halogenated alkanes) is 3. The van der Waals surface area contributed by atoms with Crippen molar-refractivity contribution in [3.05, 3.63) is 0 Å². The zero-order valence-electron chi connectivity index (χ0n) is 9.55. The minimum atomic E-state index is 0.922. The lowest BCUT2D eigenvalue weighted by atomic mass is 10.0. The van der Waals surface area contributed by atoms with Gasteiger partial charge in [0.25, 0.3) is 0 Å². The van der Waals surface area contributed by atoms with Gasteiger partial charge in [-0.3, -0.25) is 0 Å². The largest absolute Gasteiger partial charge is 0.303 e. The van der Waals surface area contributed by atoms with Crippen molar-refractivity contribution < 1.29 is 0 Å². The fraction of sp³-hybridized carbons (Fsp3) is 1.00. The van der Waals surface area contributed by atoms with Crippen LogP contribution in [0.4, 0.5) is 0 Å². The molecule has 0 radical (unpaired) electrons. The molecule has 1 heterocycles. The molecular weight excluding hydrogens is 158 g/mol. The Labute approximate surface area is 83.5 Å². The second kappa shape index (κ2) is 5.64. The lowest BCUT2D eigenvalue weighted by molar-refractivity contribution is 0.314. The molecule has 1 aliphatic heterocycles. The number of rotatable bonds is 5. The quantitative estimate of drug-likeness (QED) is 0.592. The van der Waals surface area contributed by atoms with Crippen molar-refractivity contribution in [2.24, 2.45) is 11.8 Å². The number of hydrogen-bond donors (Lipinski definition) is 0. The van der Waals surface area contributed by atoms with Crippen LogP contribution in [0.15, 0.2) is 0 Å². The van der Waals surface area contributed by atoms with E-state index in [2.05, 4.69) is 25.7 Å². The maximum absolute atomic E-state index is 2.64. The third-order valence-corrected chi connectivity index (χ3v) is 3.39. The Bertz CT molecular complexity index is 123. The molecule has 1 aliphatic rings. The second-order valence-electron chi connectivity index (χ2n) is 4.77. The molecule has 0 aromatic rings. The predicted octanol–water partition coefficient (Wildman–Crippen LogP) is 3.15. The highest BCUT2D eigenvalue weighted by molar-refractivity contribution is 4.77. The minimum absolute atomic E-state index is 0.922. The van der Waals surface area contributed by atoms with Gasteiger partial charge < -0.3 is 4.90 Å². The van der Waals surface area contributed by atoms with Crippen LogP contribution in [-0.2, 0) is 0 Å². The van der Waals surface area contributed by atoms with Gasteiger partial charge in [0.2, 0.25) is 0 Å². The number of nitrogens with zero attached hydrogens (tertiary/aromatic N) is 1. The zero-order valence-corrected chi connectivity index (χ0v) is 9.55. The molecule has 0 N–H and O–H groups in total. The van der Waals surface area contributed by atoms with E-state index in [0.717, 1.165) is 11.8 Å². The monoisotopic (exact) mass is 183 g/mol. The smallest absolute Gasteiger partial charge is 0.00102 e. The molecule has 1 fully saturated rings. The molecule has 1 nitrogen and oxygen atoms in total. The van der Waals surface area contributed by atoms with Crippen LogP contribution in [0.5, 0.6) is 0 Å². The number of hydrogen-bond acceptors (Lipinski definition) is 1. The molecule has 13 heavy (non-hydrogen) atoms. The van der Waals surface area contributed by atoms with Gasteiger partial charge in [-0.05, 0) is 24.8 Å². The fourth-order valence-electron chi connectivity index (χ4n) is 2.19. The van der Waals surface area contributed by atoms with Gasteiger partial charge in [0, 0.05) is 13.1 Å². The van der Waals surface area contributed by atoms with Crippen LogP contribution in [-0.4, -0.2) is 24.5 Å². The standard InChI is InChI=1S/C12H25N/c1-4-5-6-7-8-13-9-11(2)12(3)10-13/h11-12H,4-10H2,1-3H3. The summed E-state index contributed by atoms with van der Waals surface area (Å²) in [5.41, 5.74) is 0. The van der Waals surface area contributed by atoms with Gasteiger partial charge in [0.15, 0.2) is 0 Å². The Morgan fingerprint density at radius 3 is 2.15 bits per heavy atom. The summed E-state index contributed by atoms with van der Waals surface area (Å²) in [5.74, 6) is 1.84. The Hall–Kier alpha value is -0.0400. The normalized spacial score (nSPS) is 29.8. The van der Waals surface area contributed by atoms with E-state index in [1.807, 2.05) is 0 Å². The summed E-state index contributed by atoms with van der Waals surface area (Å²) in [5, 5.41) is 0. The molecule has 1 saturated heterocycles. The highest BCUT2D eigenvalue weighted by Crippen LogP contribution is 2.22. The van der Waals surface area contributed by atoms with E-state index < -0.39 is 0 Å². The summed E-state index contributed by atoms with van der Waals surface area (Å²) >= 11 is 0. The Kier molecular flexibility index (Phi) is 4.79. The van der Waals surface area contributed by atoms with Crippen LogP contribution in [0.1, 0.15) is 46.5 Å². The summed E-state index contributed by atoms with van der Waals surface area (Å²) in [6.45, 7) is 11.1. The molecule has 1 rings (SSSR count). The summed E-state index contributed by atoms with van der Waals surface area (Å²) < 4.78 is 0. The van der Waals surface area contributed by atoms with Gasteiger partial charge in [-0.2, -0.15) is 0 Å². The van der Waals surface area contributed by atoms with E-state index in [-0.39, 0.29) is 0 Å². The fourth-order valence-corrected chi connectivity index (χ4v) is 2.19. The highest BCUT2D eigenvalue weighted by atomic mass is 15.1. The van der Waals surface area contributed by atoms with Crippen molar-refractivity contribution in [1.29, 1.82) is 0 Å². The van der Waals surface area contributed by atoms with Crippen LogP contribution in [0.25, 0.3) is 0 Å². The van der Waals surface area contributed by atoms with Gasteiger partial charge in [0.1, 0.15) is 0 Å². The van der Waals surface area contributed by atoms with Gasteiger partial charge in [0.05, 0.1) is 0 Å². The third-order valence-electron chi connectivity index (χ3n) is 3.39. The van der Waals surface area contributed by atoms with Crippen LogP contribution in [0.2, 0.25) is 0 Å². The third kappa shape index (κ3) is 3.68.